The average molecular weight is 280 g/mol. The number of ether oxygens (including phenoxy) is 1. The van der Waals surface area contributed by atoms with Gasteiger partial charge in [0.1, 0.15) is 11.6 Å². The van der Waals surface area contributed by atoms with Crippen molar-refractivity contribution in [3.8, 4) is 5.75 Å². The minimum atomic E-state index is -0.449. The molecule has 0 bridgehead atoms. The molecule has 1 nitrogen and oxygen atoms in total. The summed E-state index contributed by atoms with van der Waals surface area (Å²) in [6, 6.07) is 3.02. The van der Waals surface area contributed by atoms with Crippen molar-refractivity contribution < 1.29 is 9.13 Å². The van der Waals surface area contributed by atoms with Gasteiger partial charge in [-0.2, -0.15) is 0 Å². The molecule has 2 rings (SSSR count). The molecule has 0 amide bonds. The zero-order chi connectivity index (χ0) is 10.1. The monoisotopic (exact) mass is 278 g/mol. The van der Waals surface area contributed by atoms with E-state index in [9.17, 15) is 4.39 Å². The highest BCUT2D eigenvalue weighted by molar-refractivity contribution is 9.10. The molecule has 1 aromatic carbocycles. The molecule has 1 fully saturated rings. The van der Waals surface area contributed by atoms with Gasteiger partial charge < -0.3 is 4.74 Å². The first-order valence-electron chi connectivity index (χ1n) is 4.48. The Morgan fingerprint density at radius 1 is 1.43 bits per heavy atom. The fraction of sp³-hybridized carbons (Fsp3) is 0.400. The van der Waals surface area contributed by atoms with Crippen molar-refractivity contribution in [1.82, 2.24) is 0 Å². The van der Waals surface area contributed by atoms with Gasteiger partial charge in [-0.25, -0.2) is 4.39 Å². The Kier molecular flexibility index (Phi) is 2.98. The van der Waals surface area contributed by atoms with Gasteiger partial charge in [0.25, 0.3) is 0 Å². The van der Waals surface area contributed by atoms with Crippen LogP contribution in [0.2, 0.25) is 5.02 Å². The van der Waals surface area contributed by atoms with E-state index in [-0.39, 0.29) is 11.1 Å². The molecule has 0 spiro atoms. The van der Waals surface area contributed by atoms with E-state index >= 15 is 0 Å². The van der Waals surface area contributed by atoms with Crippen LogP contribution in [0.4, 0.5) is 4.39 Å². The van der Waals surface area contributed by atoms with Crippen LogP contribution in [-0.4, -0.2) is 6.10 Å². The maximum absolute atomic E-state index is 13.2. The molecular formula is C10H9BrClFO. The van der Waals surface area contributed by atoms with E-state index in [1.54, 1.807) is 6.07 Å². The summed E-state index contributed by atoms with van der Waals surface area (Å²) in [5.74, 6) is 0.0961. The normalized spacial score (nSPS) is 16.5. The fourth-order valence-corrected chi connectivity index (χ4v) is 1.81. The number of hydrogen-bond acceptors (Lipinski definition) is 1. The Hall–Kier alpha value is -0.280. The van der Waals surface area contributed by atoms with E-state index in [2.05, 4.69) is 15.9 Å². The predicted octanol–water partition coefficient (Wildman–Crippen LogP) is 4.17. The lowest BCUT2D eigenvalue weighted by atomic mass is 9.96. The van der Waals surface area contributed by atoms with Crippen LogP contribution in [0.5, 0.6) is 5.75 Å². The van der Waals surface area contributed by atoms with Gasteiger partial charge in [-0.1, -0.05) is 11.6 Å². The van der Waals surface area contributed by atoms with Crippen molar-refractivity contribution >= 4 is 27.5 Å². The number of hydrogen-bond donors (Lipinski definition) is 0. The standard InChI is InChI=1S/C10H9BrClFO/c11-8-4-7(5-9(13)10(8)12)14-6-2-1-3-6/h4-6H,1-3H2. The maximum atomic E-state index is 13.2. The molecule has 0 aromatic heterocycles. The van der Waals surface area contributed by atoms with E-state index in [0.717, 1.165) is 12.8 Å². The van der Waals surface area contributed by atoms with E-state index in [1.807, 2.05) is 0 Å². The zero-order valence-electron chi connectivity index (χ0n) is 7.40. The van der Waals surface area contributed by atoms with Gasteiger partial charge in [-0.15, -0.1) is 0 Å². The van der Waals surface area contributed by atoms with Crippen LogP contribution in [0.1, 0.15) is 19.3 Å². The molecule has 4 heteroatoms. The van der Waals surface area contributed by atoms with Gasteiger partial charge in [0.15, 0.2) is 0 Å². The van der Waals surface area contributed by atoms with Gasteiger partial charge in [-0.05, 0) is 41.3 Å². The highest BCUT2D eigenvalue weighted by Crippen LogP contribution is 2.32. The van der Waals surface area contributed by atoms with Gasteiger partial charge in [0, 0.05) is 10.5 Å². The largest absolute Gasteiger partial charge is 0.490 e. The summed E-state index contributed by atoms with van der Waals surface area (Å²) in [4.78, 5) is 0. The Balaban J connectivity index is 2.17. The summed E-state index contributed by atoms with van der Waals surface area (Å²) in [6.07, 6.45) is 3.56. The number of rotatable bonds is 2. The summed E-state index contributed by atoms with van der Waals surface area (Å²) in [7, 11) is 0. The fourth-order valence-electron chi connectivity index (χ4n) is 1.28. The second kappa shape index (κ2) is 4.07. The molecule has 0 radical (unpaired) electrons. The molecule has 1 aliphatic rings. The molecule has 1 aromatic rings. The Bertz CT molecular complexity index is 329. The first-order chi connectivity index (χ1) is 6.66. The molecule has 76 valence electrons. The van der Waals surface area contributed by atoms with Crippen molar-refractivity contribution in [2.75, 3.05) is 0 Å². The van der Waals surface area contributed by atoms with Crippen LogP contribution in [0.3, 0.4) is 0 Å². The molecule has 0 heterocycles. The van der Waals surface area contributed by atoms with E-state index in [0.29, 0.717) is 10.2 Å². The molecule has 0 atom stereocenters. The van der Waals surface area contributed by atoms with Gasteiger partial charge >= 0.3 is 0 Å². The van der Waals surface area contributed by atoms with Crippen molar-refractivity contribution in [2.24, 2.45) is 0 Å². The second-order valence-electron chi connectivity index (χ2n) is 3.37. The van der Waals surface area contributed by atoms with Crippen molar-refractivity contribution in [3.05, 3.63) is 27.4 Å². The van der Waals surface area contributed by atoms with Crippen LogP contribution in [0.25, 0.3) is 0 Å². The Labute approximate surface area is 95.3 Å². The minimum Gasteiger partial charge on any atom is -0.490 e. The molecule has 0 aliphatic heterocycles. The molecule has 14 heavy (non-hydrogen) atoms. The quantitative estimate of drug-likeness (QED) is 0.738. The summed E-state index contributed by atoms with van der Waals surface area (Å²) >= 11 is 8.83. The summed E-state index contributed by atoms with van der Waals surface area (Å²) in [5.41, 5.74) is 0. The summed E-state index contributed by atoms with van der Waals surface area (Å²) in [5, 5.41) is 0.103. The van der Waals surface area contributed by atoms with Crippen LogP contribution < -0.4 is 4.74 Å². The van der Waals surface area contributed by atoms with Gasteiger partial charge in [0.05, 0.1) is 11.1 Å². The lowest BCUT2D eigenvalue weighted by Crippen LogP contribution is -2.24. The van der Waals surface area contributed by atoms with E-state index in [1.165, 1.54) is 12.5 Å². The Morgan fingerprint density at radius 2 is 2.14 bits per heavy atom. The maximum Gasteiger partial charge on any atom is 0.146 e. The smallest absolute Gasteiger partial charge is 0.146 e. The first kappa shape index (κ1) is 10.2. The highest BCUT2D eigenvalue weighted by Gasteiger charge is 2.20. The van der Waals surface area contributed by atoms with E-state index < -0.39 is 5.82 Å². The van der Waals surface area contributed by atoms with Crippen LogP contribution in [0, 0.1) is 5.82 Å². The number of benzene rings is 1. The van der Waals surface area contributed by atoms with Crippen LogP contribution in [-0.2, 0) is 0 Å². The molecule has 0 saturated heterocycles. The second-order valence-corrected chi connectivity index (χ2v) is 4.60. The summed E-state index contributed by atoms with van der Waals surface area (Å²) < 4.78 is 19.2. The minimum absolute atomic E-state index is 0.103. The lowest BCUT2D eigenvalue weighted by Gasteiger charge is -2.26. The molecule has 1 saturated carbocycles. The van der Waals surface area contributed by atoms with Crippen LogP contribution in [0.15, 0.2) is 16.6 Å². The van der Waals surface area contributed by atoms with E-state index in [4.69, 9.17) is 16.3 Å². The molecule has 1 aliphatic carbocycles. The molecular weight excluding hydrogens is 270 g/mol. The average Bonchev–Trinajstić information content (AvgIpc) is 2.07. The van der Waals surface area contributed by atoms with Crippen molar-refractivity contribution in [1.29, 1.82) is 0 Å². The first-order valence-corrected chi connectivity index (χ1v) is 5.65. The molecule has 0 N–H and O–H groups in total. The van der Waals surface area contributed by atoms with Crippen molar-refractivity contribution in [2.45, 2.75) is 25.4 Å². The topological polar surface area (TPSA) is 9.23 Å². The SMILES string of the molecule is Fc1cc(OC2CCC2)cc(Br)c1Cl. The third-order valence-corrected chi connectivity index (χ3v) is 3.55. The highest BCUT2D eigenvalue weighted by atomic mass is 79.9. The van der Waals surface area contributed by atoms with Crippen LogP contribution >= 0.6 is 27.5 Å². The summed E-state index contributed by atoms with van der Waals surface area (Å²) in [6.45, 7) is 0. The van der Waals surface area contributed by atoms with Crippen molar-refractivity contribution in [3.63, 3.8) is 0 Å². The lowest BCUT2D eigenvalue weighted by molar-refractivity contribution is 0.120. The third kappa shape index (κ3) is 2.04. The third-order valence-electron chi connectivity index (χ3n) is 2.31. The zero-order valence-corrected chi connectivity index (χ0v) is 9.74. The predicted molar refractivity (Wildman–Crippen MR) is 57.4 cm³/mol. The Morgan fingerprint density at radius 3 is 2.64 bits per heavy atom. The number of halogens is 3. The van der Waals surface area contributed by atoms with Gasteiger partial charge in [-0.3, -0.25) is 0 Å². The molecule has 0 unspecified atom stereocenters. The van der Waals surface area contributed by atoms with Gasteiger partial charge in [0.2, 0.25) is 0 Å².